The third-order valence-electron chi connectivity index (χ3n) is 3.62. The topological polar surface area (TPSA) is 12.0 Å². The fraction of sp³-hybridized carbons (Fsp3) is 0.600. The van der Waals surface area contributed by atoms with Crippen molar-refractivity contribution in [1.29, 1.82) is 0 Å². The average Bonchev–Trinajstić information content (AvgIpc) is 2.43. The minimum absolute atomic E-state index is 0.194. The molecular formula is C15H21F2NS2. The first-order valence-corrected chi connectivity index (χ1v) is 9.07. The molecule has 1 aromatic rings. The van der Waals surface area contributed by atoms with Crippen molar-refractivity contribution in [2.24, 2.45) is 0 Å². The van der Waals surface area contributed by atoms with E-state index < -0.39 is 11.6 Å². The van der Waals surface area contributed by atoms with Gasteiger partial charge in [-0.2, -0.15) is 23.5 Å². The largest absolute Gasteiger partial charge is 0.309 e. The van der Waals surface area contributed by atoms with E-state index in [4.69, 9.17) is 0 Å². The zero-order chi connectivity index (χ0) is 14.7. The van der Waals surface area contributed by atoms with Crippen LogP contribution < -0.4 is 5.32 Å². The van der Waals surface area contributed by atoms with E-state index in [2.05, 4.69) is 12.2 Å². The van der Waals surface area contributed by atoms with Crippen molar-refractivity contribution < 1.29 is 8.78 Å². The highest BCUT2D eigenvalue weighted by atomic mass is 32.2. The summed E-state index contributed by atoms with van der Waals surface area (Å²) in [5.74, 6) is 1.30. The summed E-state index contributed by atoms with van der Waals surface area (Å²) in [6, 6.07) is 2.61. The molecule has 1 aromatic carbocycles. The van der Waals surface area contributed by atoms with Crippen LogP contribution in [-0.2, 0) is 0 Å². The van der Waals surface area contributed by atoms with Gasteiger partial charge in [0.2, 0.25) is 0 Å². The number of hydrogen-bond donors (Lipinski definition) is 1. The van der Waals surface area contributed by atoms with E-state index in [0.717, 1.165) is 11.5 Å². The zero-order valence-corrected chi connectivity index (χ0v) is 13.7. The van der Waals surface area contributed by atoms with Gasteiger partial charge in [0, 0.05) is 27.6 Å². The Hall–Kier alpha value is -0.260. The van der Waals surface area contributed by atoms with Crippen molar-refractivity contribution in [3.05, 3.63) is 34.9 Å². The number of nitrogens with one attached hydrogen (secondary N) is 1. The van der Waals surface area contributed by atoms with Crippen molar-refractivity contribution >= 4 is 23.5 Å². The third kappa shape index (κ3) is 3.31. The van der Waals surface area contributed by atoms with Gasteiger partial charge in [0.15, 0.2) is 0 Å². The molecule has 1 fully saturated rings. The Labute approximate surface area is 128 Å². The maximum Gasteiger partial charge on any atom is 0.133 e. The molecule has 20 heavy (non-hydrogen) atoms. The number of aryl methyl sites for hydroxylation is 1. The van der Waals surface area contributed by atoms with Crippen molar-refractivity contribution in [3.8, 4) is 0 Å². The second-order valence-electron chi connectivity index (χ2n) is 5.04. The van der Waals surface area contributed by atoms with Gasteiger partial charge in [-0.25, -0.2) is 8.78 Å². The van der Waals surface area contributed by atoms with Crippen molar-refractivity contribution in [2.75, 3.05) is 18.1 Å². The molecule has 3 unspecified atom stereocenters. The summed E-state index contributed by atoms with van der Waals surface area (Å²) in [7, 11) is 0. The number of thioether (sulfide) groups is 2. The molecule has 0 aromatic heterocycles. The van der Waals surface area contributed by atoms with Gasteiger partial charge in [-0.05, 0) is 25.1 Å². The normalized spacial score (nSPS) is 24.6. The molecule has 1 aliphatic rings. The lowest BCUT2D eigenvalue weighted by atomic mass is 9.98. The van der Waals surface area contributed by atoms with Gasteiger partial charge >= 0.3 is 0 Å². The van der Waals surface area contributed by atoms with E-state index in [1.54, 1.807) is 6.92 Å². The second-order valence-corrected chi connectivity index (χ2v) is 7.81. The Balaban J connectivity index is 2.40. The van der Waals surface area contributed by atoms with Crippen LogP contribution in [0.1, 0.15) is 31.0 Å². The van der Waals surface area contributed by atoms with Crippen molar-refractivity contribution in [2.45, 2.75) is 37.3 Å². The van der Waals surface area contributed by atoms with Gasteiger partial charge in [-0.1, -0.05) is 19.9 Å². The van der Waals surface area contributed by atoms with Gasteiger partial charge in [-0.3, -0.25) is 0 Å². The molecule has 1 heterocycles. The molecule has 1 saturated heterocycles. The summed E-state index contributed by atoms with van der Waals surface area (Å²) in [6.45, 7) is 6.51. The Bertz CT molecular complexity index is 467. The molecule has 1 aliphatic heterocycles. The minimum atomic E-state index is -0.442. The molecule has 0 bridgehead atoms. The first kappa shape index (κ1) is 16.1. The molecule has 0 saturated carbocycles. The van der Waals surface area contributed by atoms with Gasteiger partial charge < -0.3 is 5.32 Å². The van der Waals surface area contributed by atoms with Gasteiger partial charge in [-0.15, -0.1) is 0 Å². The standard InChI is InChI=1S/C15H21F2NS2/c1-4-18-14(15-10(3)19-7-8-20-15)12-11(16)6-5-9(2)13(12)17/h5-6,10,14-15,18H,4,7-8H2,1-3H3. The van der Waals surface area contributed by atoms with Gasteiger partial charge in [0.1, 0.15) is 11.6 Å². The molecule has 5 heteroatoms. The predicted octanol–water partition coefficient (Wildman–Crippen LogP) is 4.16. The van der Waals surface area contributed by atoms with Crippen LogP contribution >= 0.6 is 23.5 Å². The summed E-state index contributed by atoms with van der Waals surface area (Å²) >= 11 is 3.71. The van der Waals surface area contributed by atoms with E-state index in [0.29, 0.717) is 17.4 Å². The Kier molecular flexibility index (Phi) is 5.75. The molecule has 0 spiro atoms. The first-order valence-electron chi connectivity index (χ1n) is 6.97. The molecule has 112 valence electrons. The van der Waals surface area contributed by atoms with Gasteiger partial charge in [0.25, 0.3) is 0 Å². The van der Waals surface area contributed by atoms with E-state index in [1.165, 1.54) is 12.1 Å². The quantitative estimate of drug-likeness (QED) is 0.895. The second kappa shape index (κ2) is 7.14. The van der Waals surface area contributed by atoms with Crippen molar-refractivity contribution in [3.63, 3.8) is 0 Å². The maximum absolute atomic E-state index is 14.4. The van der Waals surface area contributed by atoms with Crippen LogP contribution in [0.2, 0.25) is 0 Å². The summed E-state index contributed by atoms with van der Waals surface area (Å²) in [5, 5.41) is 3.87. The molecular weight excluding hydrogens is 296 g/mol. The Morgan fingerprint density at radius 2 is 2.00 bits per heavy atom. The van der Waals surface area contributed by atoms with Crippen molar-refractivity contribution in [1.82, 2.24) is 5.32 Å². The molecule has 0 aliphatic carbocycles. The van der Waals surface area contributed by atoms with Crippen LogP contribution in [0.5, 0.6) is 0 Å². The molecule has 2 rings (SSSR count). The highest BCUT2D eigenvalue weighted by Crippen LogP contribution is 2.40. The number of rotatable bonds is 4. The number of hydrogen-bond acceptors (Lipinski definition) is 3. The first-order chi connectivity index (χ1) is 9.56. The summed E-state index contributed by atoms with van der Waals surface area (Å²) in [6.07, 6.45) is 0. The fourth-order valence-corrected chi connectivity index (χ4v) is 5.51. The summed E-state index contributed by atoms with van der Waals surface area (Å²) in [5.41, 5.74) is 0.712. The lowest BCUT2D eigenvalue weighted by Crippen LogP contribution is -2.38. The van der Waals surface area contributed by atoms with E-state index in [-0.39, 0.29) is 16.9 Å². The molecule has 1 N–H and O–H groups in total. The highest BCUT2D eigenvalue weighted by molar-refractivity contribution is 8.07. The smallest absolute Gasteiger partial charge is 0.133 e. The minimum Gasteiger partial charge on any atom is -0.309 e. The zero-order valence-electron chi connectivity index (χ0n) is 12.1. The lowest BCUT2D eigenvalue weighted by Gasteiger charge is -2.35. The van der Waals surface area contributed by atoms with E-state index in [9.17, 15) is 8.78 Å². The monoisotopic (exact) mass is 317 g/mol. The van der Waals surface area contributed by atoms with E-state index in [1.807, 2.05) is 30.4 Å². The van der Waals surface area contributed by atoms with Crippen LogP contribution in [0.4, 0.5) is 8.78 Å². The van der Waals surface area contributed by atoms with Crippen LogP contribution in [0.25, 0.3) is 0 Å². The molecule has 0 radical (unpaired) electrons. The number of benzene rings is 1. The maximum atomic E-state index is 14.4. The van der Waals surface area contributed by atoms with Gasteiger partial charge in [0.05, 0.1) is 6.04 Å². The highest BCUT2D eigenvalue weighted by Gasteiger charge is 2.34. The van der Waals surface area contributed by atoms with E-state index >= 15 is 0 Å². The lowest BCUT2D eigenvalue weighted by molar-refractivity contribution is 0.459. The molecule has 1 nitrogen and oxygen atoms in total. The fourth-order valence-electron chi connectivity index (χ4n) is 2.58. The summed E-state index contributed by atoms with van der Waals surface area (Å²) < 4.78 is 28.6. The van der Waals surface area contributed by atoms with Crippen LogP contribution in [0.15, 0.2) is 12.1 Å². The molecule has 3 atom stereocenters. The van der Waals surface area contributed by atoms with Crippen LogP contribution in [0.3, 0.4) is 0 Å². The Morgan fingerprint density at radius 1 is 1.30 bits per heavy atom. The van der Waals surface area contributed by atoms with Crippen LogP contribution in [-0.4, -0.2) is 28.6 Å². The summed E-state index contributed by atoms with van der Waals surface area (Å²) in [4.78, 5) is 0. The third-order valence-corrected chi connectivity index (χ3v) is 6.81. The molecule has 0 amide bonds. The average molecular weight is 317 g/mol. The number of halogens is 2. The SMILES string of the molecule is CCNC(c1c(F)ccc(C)c1F)C1SCCSC1C. The predicted molar refractivity (Wildman–Crippen MR) is 85.7 cm³/mol. The van der Waals surface area contributed by atoms with Crippen LogP contribution in [0, 0.1) is 18.6 Å². The Morgan fingerprint density at radius 3 is 2.65 bits per heavy atom.